The quantitative estimate of drug-likeness (QED) is 0.272. The topological polar surface area (TPSA) is 112 Å². The van der Waals surface area contributed by atoms with Gasteiger partial charge in [0, 0.05) is 18.4 Å². The lowest BCUT2D eigenvalue weighted by Crippen LogP contribution is -2.55. The molecular weight excluding hydrogens is 427 g/mol. The van der Waals surface area contributed by atoms with Crippen LogP contribution in [-0.2, 0) is 37.7 Å². The third kappa shape index (κ3) is 7.08. The molecule has 1 aliphatic rings. The molecule has 2 atom stereocenters. The Morgan fingerprint density at radius 2 is 1.48 bits per heavy atom. The van der Waals surface area contributed by atoms with Crippen molar-refractivity contribution in [3.05, 3.63) is 0 Å². The van der Waals surface area contributed by atoms with E-state index in [2.05, 4.69) is 0 Å². The van der Waals surface area contributed by atoms with Crippen molar-refractivity contribution in [2.24, 2.45) is 5.41 Å². The van der Waals surface area contributed by atoms with Crippen molar-refractivity contribution in [3.8, 4) is 0 Å². The van der Waals surface area contributed by atoms with E-state index in [0.717, 1.165) is 0 Å². The normalized spacial score (nSPS) is 17.9. The predicted octanol–water partition coefficient (Wildman–Crippen LogP) is 3.65. The van der Waals surface area contributed by atoms with Crippen LogP contribution < -0.4 is 0 Å². The molecule has 0 aromatic heterocycles. The van der Waals surface area contributed by atoms with Crippen LogP contribution >= 0.6 is 7.60 Å². The second-order valence-electron chi connectivity index (χ2n) is 9.35. The fraction of sp³-hybridized carbons (Fsp3) is 0.850. The van der Waals surface area contributed by atoms with Crippen molar-refractivity contribution in [1.82, 2.24) is 10.1 Å². The first-order valence-corrected chi connectivity index (χ1v) is 12.1. The summed E-state index contributed by atoms with van der Waals surface area (Å²) in [7, 11) is -3.71. The maximum Gasteiger partial charge on any atom is 0.363 e. The van der Waals surface area contributed by atoms with Crippen molar-refractivity contribution in [2.45, 2.75) is 92.6 Å². The molecule has 0 N–H and O–H groups in total. The Morgan fingerprint density at radius 3 is 1.84 bits per heavy atom. The summed E-state index contributed by atoms with van der Waals surface area (Å²) in [4.78, 5) is 47.0. The van der Waals surface area contributed by atoms with Gasteiger partial charge in [-0.25, -0.2) is 4.79 Å². The summed E-state index contributed by atoms with van der Waals surface area (Å²) in [5.41, 5.74) is -1.37. The molecule has 0 aromatic carbocycles. The molecule has 0 spiro atoms. The zero-order valence-corrected chi connectivity index (χ0v) is 21.0. The molecule has 1 rings (SSSR count). The van der Waals surface area contributed by atoms with Gasteiger partial charge in [-0.3, -0.25) is 19.0 Å². The van der Waals surface area contributed by atoms with Gasteiger partial charge in [-0.05, 0) is 47.0 Å². The summed E-state index contributed by atoms with van der Waals surface area (Å²) >= 11 is 0. The maximum absolute atomic E-state index is 13.8. The smallest absolute Gasteiger partial charge is 0.327 e. The summed E-state index contributed by atoms with van der Waals surface area (Å²) in [6.45, 7) is 16.3. The number of rotatable bonds is 10. The van der Waals surface area contributed by atoms with Crippen molar-refractivity contribution >= 4 is 25.4 Å². The van der Waals surface area contributed by atoms with Crippen molar-refractivity contribution in [2.75, 3.05) is 13.2 Å². The van der Waals surface area contributed by atoms with Crippen LogP contribution in [0.1, 0.15) is 75.2 Å². The first kappa shape index (κ1) is 27.7. The molecule has 0 saturated carbocycles. The summed E-state index contributed by atoms with van der Waals surface area (Å²) in [5.74, 6) is -2.95. The fourth-order valence-electron chi connectivity index (χ4n) is 3.11. The van der Waals surface area contributed by atoms with Crippen molar-refractivity contribution in [3.63, 3.8) is 0 Å². The van der Waals surface area contributed by atoms with E-state index < -0.39 is 48.2 Å². The predicted molar refractivity (Wildman–Crippen MR) is 113 cm³/mol. The van der Waals surface area contributed by atoms with Gasteiger partial charge in [0.1, 0.15) is 5.78 Å². The Hall–Kier alpha value is -1.32. The van der Waals surface area contributed by atoms with Crippen LogP contribution in [0.3, 0.4) is 0 Å². The lowest BCUT2D eigenvalue weighted by molar-refractivity contribution is -0.270. The van der Waals surface area contributed by atoms with E-state index in [0.29, 0.717) is 5.06 Å². The highest BCUT2D eigenvalue weighted by Gasteiger charge is 2.52. The number of hydrogen-bond donors (Lipinski definition) is 0. The lowest BCUT2D eigenvalue weighted by Gasteiger charge is -2.47. The van der Waals surface area contributed by atoms with Crippen LogP contribution in [-0.4, -0.2) is 58.5 Å². The standard InChI is InChI=1S/C20H37N2O8P/c1-10-27-31(26,28-11-2)18(19(4,5)6)22(20(7,8)9)29-14(3)17(25)30-21-15(23)12-13-16(21)24/h14,18H,10-13H2,1-9H3. The van der Waals surface area contributed by atoms with Gasteiger partial charge in [-0.1, -0.05) is 20.8 Å². The highest BCUT2D eigenvalue weighted by atomic mass is 31.2. The van der Waals surface area contributed by atoms with E-state index in [4.69, 9.17) is 18.7 Å². The molecule has 2 amide bonds. The molecule has 11 heteroatoms. The van der Waals surface area contributed by atoms with Crippen LogP contribution in [0.4, 0.5) is 0 Å². The minimum Gasteiger partial charge on any atom is -0.327 e. The summed E-state index contributed by atoms with van der Waals surface area (Å²) < 4.78 is 25.0. The zero-order chi connectivity index (χ0) is 24.2. The van der Waals surface area contributed by atoms with Crippen molar-refractivity contribution in [1.29, 1.82) is 0 Å². The minimum atomic E-state index is -3.71. The van der Waals surface area contributed by atoms with Gasteiger partial charge in [-0.15, -0.1) is 5.06 Å². The van der Waals surface area contributed by atoms with Crippen LogP contribution in [0.25, 0.3) is 0 Å². The molecule has 0 aromatic rings. The van der Waals surface area contributed by atoms with Gasteiger partial charge in [0.25, 0.3) is 11.8 Å². The average Bonchev–Trinajstić information content (AvgIpc) is 2.91. The van der Waals surface area contributed by atoms with Gasteiger partial charge in [0.2, 0.25) is 0 Å². The van der Waals surface area contributed by atoms with E-state index >= 15 is 0 Å². The molecular formula is C20H37N2O8P. The summed E-state index contributed by atoms with van der Waals surface area (Å²) in [5, 5.41) is 1.91. The minimum absolute atomic E-state index is 0.00649. The van der Waals surface area contributed by atoms with Crippen LogP contribution in [0.2, 0.25) is 0 Å². The number of hydroxylamine groups is 4. The van der Waals surface area contributed by atoms with Gasteiger partial charge in [-0.2, -0.15) is 5.06 Å². The molecule has 0 radical (unpaired) electrons. The summed E-state index contributed by atoms with van der Waals surface area (Å²) in [6.07, 6.45) is -1.22. The fourth-order valence-corrected chi connectivity index (χ4v) is 5.79. The molecule has 10 nitrogen and oxygen atoms in total. The first-order valence-electron chi connectivity index (χ1n) is 10.5. The Balaban J connectivity index is 3.24. The van der Waals surface area contributed by atoms with Crippen molar-refractivity contribution < 1.29 is 37.7 Å². The van der Waals surface area contributed by atoms with Gasteiger partial charge in [0.15, 0.2) is 6.10 Å². The number of imide groups is 1. The third-order valence-corrected chi connectivity index (χ3v) is 7.19. The third-order valence-electron chi connectivity index (χ3n) is 4.37. The number of carbonyl (C=O) groups excluding carboxylic acids is 3. The zero-order valence-electron chi connectivity index (χ0n) is 20.1. The van der Waals surface area contributed by atoms with E-state index in [9.17, 15) is 18.9 Å². The number of hydrogen-bond acceptors (Lipinski definition) is 9. The number of amides is 2. The Kier molecular flexibility index (Phi) is 9.41. The first-order chi connectivity index (χ1) is 14.1. The second kappa shape index (κ2) is 10.5. The van der Waals surface area contributed by atoms with Gasteiger partial charge < -0.3 is 13.9 Å². The molecule has 180 valence electrons. The molecule has 1 saturated heterocycles. The maximum atomic E-state index is 13.8. The Labute approximate surface area is 184 Å². The molecule has 1 heterocycles. The molecule has 1 aliphatic heterocycles. The molecule has 31 heavy (non-hydrogen) atoms. The molecule has 1 fully saturated rings. The number of carbonyl (C=O) groups is 3. The highest BCUT2D eigenvalue weighted by molar-refractivity contribution is 7.54. The highest BCUT2D eigenvalue weighted by Crippen LogP contribution is 2.60. The number of nitrogens with zero attached hydrogens (tertiary/aromatic N) is 2. The lowest BCUT2D eigenvalue weighted by atomic mass is 9.94. The van der Waals surface area contributed by atoms with E-state index in [1.165, 1.54) is 12.0 Å². The van der Waals surface area contributed by atoms with E-state index in [1.54, 1.807) is 13.8 Å². The Bertz CT molecular complexity index is 687. The van der Waals surface area contributed by atoms with Gasteiger partial charge in [0.05, 0.1) is 13.2 Å². The van der Waals surface area contributed by atoms with E-state index in [-0.39, 0.29) is 26.1 Å². The largest absolute Gasteiger partial charge is 0.363 e. The van der Waals surface area contributed by atoms with Crippen LogP contribution in [0.15, 0.2) is 0 Å². The summed E-state index contributed by atoms with van der Waals surface area (Å²) in [6, 6.07) is 0. The molecule has 0 aliphatic carbocycles. The van der Waals surface area contributed by atoms with E-state index in [1.807, 2.05) is 41.5 Å². The van der Waals surface area contributed by atoms with Crippen LogP contribution in [0.5, 0.6) is 0 Å². The monoisotopic (exact) mass is 464 g/mol. The second-order valence-corrected chi connectivity index (χ2v) is 11.4. The molecule has 2 unspecified atom stereocenters. The SMILES string of the molecule is CCOP(=O)(OCC)C(N(OC(C)C(=O)ON1C(=O)CCC1=O)C(C)(C)C)C(C)(C)C. The van der Waals surface area contributed by atoms with Gasteiger partial charge >= 0.3 is 13.6 Å². The van der Waals surface area contributed by atoms with Crippen LogP contribution in [0, 0.1) is 5.41 Å². The average molecular weight is 464 g/mol. The molecule has 0 bridgehead atoms. The Morgan fingerprint density at radius 1 is 1.03 bits per heavy atom.